The number of pyridine rings is 1. The van der Waals surface area contributed by atoms with Crippen molar-refractivity contribution in [2.24, 2.45) is 0 Å². The van der Waals surface area contributed by atoms with Gasteiger partial charge in [0.1, 0.15) is 0 Å². The number of aromatic nitrogens is 1. The number of likely N-dealkylation sites (N-methyl/N-ethyl adjacent to an activating group) is 1. The minimum atomic E-state index is -0.663. The Bertz CT molecular complexity index is 815. The highest BCUT2D eigenvalue weighted by atomic mass is 16.5. The van der Waals surface area contributed by atoms with Gasteiger partial charge in [-0.3, -0.25) is 9.59 Å². The van der Waals surface area contributed by atoms with Gasteiger partial charge in [0.15, 0.2) is 6.61 Å². The van der Waals surface area contributed by atoms with Gasteiger partial charge in [-0.15, -0.1) is 0 Å². The van der Waals surface area contributed by atoms with Gasteiger partial charge >= 0.3 is 5.97 Å². The molecule has 7 nitrogen and oxygen atoms in total. The minimum absolute atomic E-state index is 0.139. The van der Waals surface area contributed by atoms with Gasteiger partial charge in [0, 0.05) is 25.6 Å². The van der Waals surface area contributed by atoms with Crippen molar-refractivity contribution < 1.29 is 19.1 Å². The van der Waals surface area contributed by atoms with Crippen LogP contribution in [0.3, 0.4) is 0 Å². The van der Waals surface area contributed by atoms with Crippen molar-refractivity contribution in [2.75, 3.05) is 27.2 Å². The Hall–Kier alpha value is -3.22. The number of nitrogens with zero attached hydrogens (tertiary/aromatic N) is 2. The molecule has 0 atom stereocenters. The zero-order valence-corrected chi connectivity index (χ0v) is 14.1. The van der Waals surface area contributed by atoms with Crippen LogP contribution in [0.2, 0.25) is 0 Å². The molecular weight excluding hydrogens is 322 g/mol. The fourth-order valence-electron chi connectivity index (χ4n) is 1.90. The van der Waals surface area contributed by atoms with Crippen LogP contribution in [0, 0.1) is 0 Å². The Kier molecular flexibility index (Phi) is 6.22. The lowest BCUT2D eigenvalue weighted by Gasteiger charge is -2.10. The van der Waals surface area contributed by atoms with Crippen LogP contribution in [0.25, 0.3) is 17.0 Å². The third-order valence-electron chi connectivity index (χ3n) is 3.29. The van der Waals surface area contributed by atoms with Crippen LogP contribution in [0.1, 0.15) is 5.69 Å². The Labute approximate surface area is 145 Å². The summed E-state index contributed by atoms with van der Waals surface area (Å²) in [6.45, 7) is -0.588. The lowest BCUT2D eigenvalue weighted by molar-refractivity contribution is -0.144. The third kappa shape index (κ3) is 5.72. The monoisotopic (exact) mass is 341 g/mol. The molecule has 0 unspecified atom stereocenters. The molecule has 1 N–H and O–H groups in total. The highest BCUT2D eigenvalue weighted by molar-refractivity contribution is 5.90. The van der Waals surface area contributed by atoms with Gasteiger partial charge in [0.2, 0.25) is 5.91 Å². The number of para-hydroxylation sites is 1. The second kappa shape index (κ2) is 8.58. The van der Waals surface area contributed by atoms with E-state index in [1.165, 1.54) is 17.1 Å². The van der Waals surface area contributed by atoms with E-state index < -0.39 is 18.5 Å². The van der Waals surface area contributed by atoms with E-state index in [2.05, 4.69) is 10.3 Å². The quantitative estimate of drug-likeness (QED) is 0.625. The predicted molar refractivity (Wildman–Crippen MR) is 93.4 cm³/mol. The first-order valence-electron chi connectivity index (χ1n) is 7.63. The smallest absolute Gasteiger partial charge is 0.331 e. The number of nitrogens with one attached hydrogen (secondary N) is 1. The van der Waals surface area contributed by atoms with Crippen LogP contribution in [-0.2, 0) is 19.1 Å². The molecule has 0 aliphatic carbocycles. The number of carbonyl (C=O) groups excluding carboxylic acids is 3. The molecule has 2 rings (SSSR count). The second-order valence-electron chi connectivity index (χ2n) is 5.43. The van der Waals surface area contributed by atoms with Crippen LogP contribution in [0.15, 0.2) is 42.5 Å². The van der Waals surface area contributed by atoms with Gasteiger partial charge in [-0.2, -0.15) is 0 Å². The maximum absolute atomic E-state index is 11.6. The van der Waals surface area contributed by atoms with E-state index in [0.29, 0.717) is 5.69 Å². The number of amides is 2. The lowest BCUT2D eigenvalue weighted by Crippen LogP contribution is -2.38. The van der Waals surface area contributed by atoms with Crippen LogP contribution in [0.4, 0.5) is 0 Å². The molecule has 2 aromatic rings. The molecular formula is C18H19N3O4. The van der Waals surface area contributed by atoms with Gasteiger partial charge < -0.3 is 15.0 Å². The topological polar surface area (TPSA) is 88.6 Å². The maximum atomic E-state index is 11.6. The van der Waals surface area contributed by atoms with Crippen molar-refractivity contribution in [1.29, 1.82) is 0 Å². The zero-order valence-electron chi connectivity index (χ0n) is 14.1. The Morgan fingerprint density at radius 1 is 1.16 bits per heavy atom. The summed E-state index contributed by atoms with van der Waals surface area (Å²) in [6, 6.07) is 11.3. The number of fused-ring (bicyclic) bond motifs is 1. The SMILES string of the molecule is CN(C)C(=O)CNC(=O)COC(=O)/C=C/c1ccc2ccccc2n1. The summed E-state index contributed by atoms with van der Waals surface area (Å²) in [6.07, 6.45) is 2.72. The average molecular weight is 341 g/mol. The van der Waals surface area contributed by atoms with Crippen molar-refractivity contribution in [3.8, 4) is 0 Å². The van der Waals surface area contributed by atoms with E-state index in [9.17, 15) is 14.4 Å². The number of benzene rings is 1. The van der Waals surface area contributed by atoms with E-state index in [-0.39, 0.29) is 12.5 Å². The van der Waals surface area contributed by atoms with E-state index in [0.717, 1.165) is 10.9 Å². The summed E-state index contributed by atoms with van der Waals surface area (Å²) in [5, 5.41) is 3.37. The molecule has 130 valence electrons. The van der Waals surface area contributed by atoms with Gasteiger partial charge in [-0.25, -0.2) is 9.78 Å². The molecule has 1 aromatic carbocycles. The molecule has 2 amide bonds. The molecule has 0 aliphatic heterocycles. The number of rotatable bonds is 6. The Morgan fingerprint density at radius 3 is 2.68 bits per heavy atom. The summed E-state index contributed by atoms with van der Waals surface area (Å²) < 4.78 is 4.82. The molecule has 1 aromatic heterocycles. The second-order valence-corrected chi connectivity index (χ2v) is 5.43. The highest BCUT2D eigenvalue weighted by Gasteiger charge is 2.08. The van der Waals surface area contributed by atoms with Crippen molar-refractivity contribution in [2.45, 2.75) is 0 Å². The van der Waals surface area contributed by atoms with Crippen molar-refractivity contribution >= 4 is 34.8 Å². The van der Waals surface area contributed by atoms with Gasteiger partial charge in [0.25, 0.3) is 5.91 Å². The van der Waals surface area contributed by atoms with Gasteiger partial charge in [-0.05, 0) is 18.2 Å². The summed E-state index contributed by atoms with van der Waals surface area (Å²) in [7, 11) is 3.17. The summed E-state index contributed by atoms with van der Waals surface area (Å²) in [5.74, 6) is -1.45. The molecule has 0 spiro atoms. The molecule has 7 heteroatoms. The fraction of sp³-hybridized carbons (Fsp3) is 0.222. The highest BCUT2D eigenvalue weighted by Crippen LogP contribution is 2.12. The van der Waals surface area contributed by atoms with Crippen LogP contribution in [0.5, 0.6) is 0 Å². The first kappa shape index (κ1) is 18.1. The summed E-state index contributed by atoms with van der Waals surface area (Å²) in [5.41, 5.74) is 1.43. The van der Waals surface area contributed by atoms with E-state index in [1.807, 2.05) is 30.3 Å². The number of carbonyl (C=O) groups is 3. The van der Waals surface area contributed by atoms with Crippen LogP contribution >= 0.6 is 0 Å². The summed E-state index contributed by atoms with van der Waals surface area (Å²) >= 11 is 0. The standard InChI is InChI=1S/C18H19N3O4/c1-21(2)17(23)11-19-16(22)12-25-18(24)10-9-14-8-7-13-5-3-4-6-15(13)20-14/h3-10H,11-12H2,1-2H3,(H,19,22)/b10-9+. The van der Waals surface area contributed by atoms with Crippen molar-refractivity contribution in [3.63, 3.8) is 0 Å². The molecule has 0 aliphatic rings. The van der Waals surface area contributed by atoms with E-state index in [1.54, 1.807) is 20.2 Å². The summed E-state index contributed by atoms with van der Waals surface area (Å²) in [4.78, 5) is 40.2. The minimum Gasteiger partial charge on any atom is -0.452 e. The van der Waals surface area contributed by atoms with Crippen molar-refractivity contribution in [1.82, 2.24) is 15.2 Å². The van der Waals surface area contributed by atoms with Gasteiger partial charge in [-0.1, -0.05) is 24.3 Å². The Morgan fingerprint density at radius 2 is 1.92 bits per heavy atom. The van der Waals surface area contributed by atoms with Crippen LogP contribution < -0.4 is 5.32 Å². The van der Waals surface area contributed by atoms with E-state index in [4.69, 9.17) is 4.74 Å². The first-order valence-corrected chi connectivity index (χ1v) is 7.63. The third-order valence-corrected chi connectivity index (χ3v) is 3.29. The molecule has 0 saturated heterocycles. The van der Waals surface area contributed by atoms with E-state index >= 15 is 0 Å². The normalized spacial score (nSPS) is 10.6. The Balaban J connectivity index is 1.81. The number of hydrogen-bond acceptors (Lipinski definition) is 5. The number of esters is 1. The number of ether oxygens (including phenoxy) is 1. The molecule has 0 fully saturated rings. The number of hydrogen-bond donors (Lipinski definition) is 1. The van der Waals surface area contributed by atoms with Crippen molar-refractivity contribution in [3.05, 3.63) is 48.2 Å². The van der Waals surface area contributed by atoms with Gasteiger partial charge in [0.05, 0.1) is 17.8 Å². The molecule has 0 bridgehead atoms. The fourth-order valence-corrected chi connectivity index (χ4v) is 1.90. The molecule has 25 heavy (non-hydrogen) atoms. The molecule has 0 saturated carbocycles. The maximum Gasteiger partial charge on any atom is 0.331 e. The predicted octanol–water partition coefficient (Wildman–Crippen LogP) is 0.996. The van der Waals surface area contributed by atoms with Crippen LogP contribution in [-0.4, -0.2) is 54.9 Å². The lowest BCUT2D eigenvalue weighted by atomic mass is 10.2. The largest absolute Gasteiger partial charge is 0.452 e. The zero-order chi connectivity index (χ0) is 18.2. The molecule has 0 radical (unpaired) electrons. The first-order chi connectivity index (χ1) is 12.0. The average Bonchev–Trinajstić information content (AvgIpc) is 2.62. The molecule has 1 heterocycles.